The van der Waals surface area contributed by atoms with E-state index in [1.165, 1.54) is 26.0 Å². The third-order valence-corrected chi connectivity index (χ3v) is 9.29. The van der Waals surface area contributed by atoms with Gasteiger partial charge in [-0.15, -0.1) is 0 Å². The Morgan fingerprint density at radius 3 is 2.46 bits per heavy atom. The summed E-state index contributed by atoms with van der Waals surface area (Å²) in [5.74, 6) is -1.04. The number of hydrogen-bond donors (Lipinski definition) is 1. The van der Waals surface area contributed by atoms with Gasteiger partial charge in [-0.1, -0.05) is 30.7 Å². The van der Waals surface area contributed by atoms with Crippen molar-refractivity contribution in [1.29, 1.82) is 0 Å². The fourth-order valence-electron chi connectivity index (χ4n) is 4.39. The molecule has 1 aromatic rings. The Morgan fingerprint density at radius 1 is 1.26 bits per heavy atom. The maximum atomic E-state index is 14.6. The lowest BCUT2D eigenvalue weighted by molar-refractivity contribution is -0.131. The van der Waals surface area contributed by atoms with E-state index in [-0.39, 0.29) is 22.5 Å². The van der Waals surface area contributed by atoms with Crippen LogP contribution >= 0.6 is 11.8 Å². The molecular weight excluding hydrogens is 549 g/mol. The predicted molar refractivity (Wildman–Crippen MR) is 145 cm³/mol. The van der Waals surface area contributed by atoms with Gasteiger partial charge in [0.25, 0.3) is 0 Å². The standard InChI is InChI=1S/C26H36FN3O7S2/c1-15(2)18-10-17(27)11-19(16-8-9-36-14-16)20(18)12-21(31)30-13-22(38-23(30)26(6,7)33)39(34,35)29-28-24(32)37-25(3,4)5/h10-11,13,15-16,23,33H,8-9,12,14H2,1-7H3. The number of thioether (sulfide) groups is 1. The molecule has 1 N–H and O–H groups in total. The zero-order valence-corrected chi connectivity index (χ0v) is 24.9. The average Bonchev–Trinajstić information content (AvgIpc) is 3.48. The summed E-state index contributed by atoms with van der Waals surface area (Å²) in [6.45, 7) is 12.5. The first-order chi connectivity index (χ1) is 17.9. The molecule has 1 aromatic carbocycles. The van der Waals surface area contributed by atoms with Crippen molar-refractivity contribution in [3.63, 3.8) is 0 Å². The van der Waals surface area contributed by atoms with Crippen molar-refractivity contribution in [1.82, 2.24) is 4.90 Å². The monoisotopic (exact) mass is 585 g/mol. The number of nitrogens with zero attached hydrogens (tertiary/aromatic N) is 3. The summed E-state index contributed by atoms with van der Waals surface area (Å²) in [6.07, 6.45) is 0.466. The molecule has 13 heteroatoms. The number of benzene rings is 1. The Kier molecular flexibility index (Phi) is 9.30. The molecule has 2 amide bonds. The topological polar surface area (TPSA) is 135 Å². The molecule has 1 fully saturated rings. The minimum Gasteiger partial charge on any atom is -0.441 e. The van der Waals surface area contributed by atoms with E-state index in [1.807, 2.05) is 13.8 Å². The van der Waals surface area contributed by atoms with Crippen LogP contribution in [0, 0.1) is 5.82 Å². The van der Waals surface area contributed by atoms with Crippen LogP contribution in [0.5, 0.6) is 0 Å². The van der Waals surface area contributed by atoms with Gasteiger partial charge >= 0.3 is 16.1 Å². The van der Waals surface area contributed by atoms with Crippen LogP contribution < -0.4 is 0 Å². The lowest BCUT2D eigenvalue weighted by Gasteiger charge is -2.32. The zero-order valence-electron chi connectivity index (χ0n) is 23.2. The first kappa shape index (κ1) is 31.2. The van der Waals surface area contributed by atoms with E-state index >= 15 is 0 Å². The highest BCUT2D eigenvalue weighted by Gasteiger charge is 2.43. The summed E-state index contributed by atoms with van der Waals surface area (Å²) < 4.78 is 53.6. The number of carbonyl (C=O) groups excluding carboxylic acids is 2. The molecule has 39 heavy (non-hydrogen) atoms. The van der Waals surface area contributed by atoms with Gasteiger partial charge in [0.1, 0.15) is 21.0 Å². The molecule has 3 rings (SSSR count). The third kappa shape index (κ3) is 7.86. The molecule has 216 valence electrons. The quantitative estimate of drug-likeness (QED) is 0.432. The second-order valence-electron chi connectivity index (χ2n) is 11.5. The van der Waals surface area contributed by atoms with Gasteiger partial charge in [0, 0.05) is 18.7 Å². The Labute approximate surface area is 233 Å². The average molecular weight is 586 g/mol. The fraction of sp³-hybridized carbons (Fsp3) is 0.615. The minimum atomic E-state index is -4.48. The summed E-state index contributed by atoms with van der Waals surface area (Å²) in [5.41, 5.74) is -0.364. The van der Waals surface area contributed by atoms with E-state index in [9.17, 15) is 27.5 Å². The van der Waals surface area contributed by atoms with Crippen LogP contribution in [0.15, 0.2) is 32.2 Å². The summed E-state index contributed by atoms with van der Waals surface area (Å²) in [4.78, 5) is 26.7. The first-order valence-electron chi connectivity index (χ1n) is 12.6. The molecule has 0 saturated carbocycles. The number of rotatable bonds is 7. The van der Waals surface area contributed by atoms with Crippen molar-refractivity contribution < 1.29 is 37.0 Å². The van der Waals surface area contributed by atoms with Gasteiger partial charge in [-0.25, -0.2) is 9.18 Å². The molecule has 1 saturated heterocycles. The van der Waals surface area contributed by atoms with Crippen LogP contribution in [0.3, 0.4) is 0 Å². The number of aliphatic hydroxyl groups is 1. The van der Waals surface area contributed by atoms with Crippen LogP contribution in [-0.4, -0.2) is 60.2 Å². The van der Waals surface area contributed by atoms with Gasteiger partial charge in [0.15, 0.2) is 0 Å². The fourth-order valence-corrected chi connectivity index (χ4v) is 6.72. The molecule has 0 bridgehead atoms. The van der Waals surface area contributed by atoms with E-state index in [4.69, 9.17) is 9.47 Å². The van der Waals surface area contributed by atoms with Crippen molar-refractivity contribution in [3.8, 4) is 0 Å². The normalized spacial score (nSPS) is 20.7. The van der Waals surface area contributed by atoms with Crippen LogP contribution in [0.25, 0.3) is 0 Å². The number of carbonyl (C=O) groups is 2. The molecule has 2 atom stereocenters. The number of hydrogen-bond acceptors (Lipinski definition) is 8. The maximum absolute atomic E-state index is 14.6. The highest BCUT2D eigenvalue weighted by atomic mass is 32.3. The number of ether oxygens (including phenoxy) is 2. The number of amides is 2. The SMILES string of the molecule is CC(C)c1cc(F)cc(C2CCOC2)c1CC(=O)N1C=C(S(=O)(=O)N=NC(=O)OC(C)(C)C)SC1C(C)(C)O. The molecular formula is C26H36FN3O7S2. The Balaban J connectivity index is 1.96. The van der Waals surface area contributed by atoms with Crippen molar-refractivity contribution in [2.75, 3.05) is 13.2 Å². The van der Waals surface area contributed by atoms with E-state index in [0.29, 0.717) is 36.3 Å². The highest BCUT2D eigenvalue weighted by molar-refractivity contribution is 8.18. The van der Waals surface area contributed by atoms with Crippen LogP contribution in [0.2, 0.25) is 0 Å². The van der Waals surface area contributed by atoms with Gasteiger partial charge in [-0.2, -0.15) is 8.42 Å². The van der Waals surface area contributed by atoms with Crippen molar-refractivity contribution in [2.45, 2.75) is 89.7 Å². The summed E-state index contributed by atoms with van der Waals surface area (Å²) in [6, 6.07) is 2.85. The molecule has 10 nitrogen and oxygen atoms in total. The van der Waals surface area contributed by atoms with Gasteiger partial charge < -0.3 is 19.5 Å². The molecule has 0 spiro atoms. The smallest absolute Gasteiger partial charge is 0.441 e. The Morgan fingerprint density at radius 2 is 1.92 bits per heavy atom. The Bertz CT molecular complexity index is 1280. The molecule has 2 unspecified atom stereocenters. The minimum absolute atomic E-state index is 0.0706. The first-order valence-corrected chi connectivity index (χ1v) is 14.9. The van der Waals surface area contributed by atoms with E-state index in [1.54, 1.807) is 20.8 Å². The van der Waals surface area contributed by atoms with Crippen molar-refractivity contribution in [3.05, 3.63) is 45.1 Å². The summed E-state index contributed by atoms with van der Waals surface area (Å²) >= 11 is 0.721. The molecule has 2 aliphatic heterocycles. The molecule has 0 aliphatic carbocycles. The van der Waals surface area contributed by atoms with Gasteiger partial charge in [-0.3, -0.25) is 4.79 Å². The van der Waals surface area contributed by atoms with Crippen molar-refractivity contribution in [2.24, 2.45) is 9.63 Å². The molecule has 2 heterocycles. The lowest BCUT2D eigenvalue weighted by Crippen LogP contribution is -2.46. The van der Waals surface area contributed by atoms with Crippen molar-refractivity contribution >= 4 is 33.8 Å². The zero-order chi connectivity index (χ0) is 29.3. The van der Waals surface area contributed by atoms with Crippen LogP contribution in [-0.2, 0) is 30.7 Å². The molecule has 0 aromatic heterocycles. The summed E-state index contributed by atoms with van der Waals surface area (Å²) in [5, 5.41) is 12.9. The van der Waals surface area contributed by atoms with E-state index in [0.717, 1.165) is 22.9 Å². The Hall–Kier alpha value is -2.35. The third-order valence-electron chi connectivity index (χ3n) is 6.10. The lowest BCUT2D eigenvalue weighted by atomic mass is 9.85. The number of sulfonamides is 1. The molecule has 0 radical (unpaired) electrons. The van der Waals surface area contributed by atoms with Crippen LogP contribution in [0.4, 0.5) is 9.18 Å². The van der Waals surface area contributed by atoms with Gasteiger partial charge in [0.05, 0.1) is 18.6 Å². The van der Waals surface area contributed by atoms with Gasteiger partial charge in [-0.05, 0) is 80.3 Å². The number of halogens is 1. The van der Waals surface area contributed by atoms with Gasteiger partial charge in [0.2, 0.25) is 5.91 Å². The summed E-state index contributed by atoms with van der Waals surface area (Å²) in [7, 11) is -4.48. The van der Waals surface area contributed by atoms with E-state index < -0.39 is 44.4 Å². The predicted octanol–water partition coefficient (Wildman–Crippen LogP) is 5.18. The largest absolute Gasteiger partial charge is 0.453 e. The second kappa shape index (κ2) is 11.6. The highest BCUT2D eigenvalue weighted by Crippen LogP contribution is 2.43. The van der Waals surface area contributed by atoms with Crippen LogP contribution in [0.1, 0.15) is 83.4 Å². The second-order valence-corrected chi connectivity index (χ2v) is 14.4. The molecule has 2 aliphatic rings. The van der Waals surface area contributed by atoms with E-state index in [2.05, 4.69) is 9.63 Å². The maximum Gasteiger partial charge on any atom is 0.453 e.